The minimum atomic E-state index is -0.473. The van der Waals surface area contributed by atoms with Crippen molar-refractivity contribution in [2.75, 3.05) is 20.3 Å². The molecular formula is C23H30N2O5. The van der Waals surface area contributed by atoms with E-state index in [1.807, 2.05) is 31.2 Å². The van der Waals surface area contributed by atoms with Crippen molar-refractivity contribution in [3.05, 3.63) is 53.6 Å². The Morgan fingerprint density at radius 3 is 2.33 bits per heavy atom. The number of hydrogen-bond acceptors (Lipinski definition) is 5. The van der Waals surface area contributed by atoms with Crippen LogP contribution in [0.15, 0.2) is 42.5 Å². The van der Waals surface area contributed by atoms with Crippen molar-refractivity contribution >= 4 is 11.8 Å². The van der Waals surface area contributed by atoms with Gasteiger partial charge in [-0.15, -0.1) is 0 Å². The Morgan fingerprint density at radius 2 is 1.67 bits per heavy atom. The summed E-state index contributed by atoms with van der Waals surface area (Å²) in [5, 5.41) is 0. The zero-order valence-corrected chi connectivity index (χ0v) is 18.2. The molecule has 0 aliphatic heterocycles. The van der Waals surface area contributed by atoms with Gasteiger partial charge in [0.2, 0.25) is 0 Å². The minimum Gasteiger partial charge on any atom is -0.493 e. The highest BCUT2D eigenvalue weighted by Gasteiger charge is 2.19. The number of carbonyl (C=O) groups is 2. The molecule has 0 aliphatic rings. The molecule has 0 unspecified atom stereocenters. The molecule has 0 saturated carbocycles. The van der Waals surface area contributed by atoms with Gasteiger partial charge in [0.25, 0.3) is 11.8 Å². The van der Waals surface area contributed by atoms with Crippen LogP contribution in [-0.4, -0.2) is 32.1 Å². The van der Waals surface area contributed by atoms with Gasteiger partial charge < -0.3 is 14.2 Å². The molecule has 0 fully saturated rings. The van der Waals surface area contributed by atoms with Gasteiger partial charge >= 0.3 is 0 Å². The van der Waals surface area contributed by atoms with Crippen molar-refractivity contribution in [2.45, 2.75) is 39.5 Å². The molecular weight excluding hydrogens is 384 g/mol. The largest absolute Gasteiger partial charge is 0.493 e. The Balaban J connectivity index is 1.92. The molecule has 30 heavy (non-hydrogen) atoms. The molecule has 2 amide bonds. The summed E-state index contributed by atoms with van der Waals surface area (Å²) in [6, 6.07) is 12.4. The van der Waals surface area contributed by atoms with Crippen LogP contribution in [-0.2, 0) is 10.2 Å². The number of nitrogens with one attached hydrogen (secondary N) is 2. The van der Waals surface area contributed by atoms with Gasteiger partial charge in [0, 0.05) is 5.56 Å². The van der Waals surface area contributed by atoms with E-state index in [4.69, 9.17) is 14.2 Å². The number of hydrazine groups is 1. The normalized spacial score (nSPS) is 10.8. The first-order valence-electron chi connectivity index (χ1n) is 9.88. The summed E-state index contributed by atoms with van der Waals surface area (Å²) in [6.07, 6.45) is 0.861. The molecule has 0 aliphatic carbocycles. The maximum Gasteiger partial charge on any atom is 0.276 e. The molecule has 0 aromatic heterocycles. The van der Waals surface area contributed by atoms with E-state index < -0.39 is 11.8 Å². The predicted octanol–water partition coefficient (Wildman–Crippen LogP) is 3.62. The van der Waals surface area contributed by atoms with Crippen LogP contribution in [0.25, 0.3) is 0 Å². The predicted molar refractivity (Wildman–Crippen MR) is 115 cm³/mol. The third-order valence-corrected chi connectivity index (χ3v) is 4.26. The number of amides is 2. The van der Waals surface area contributed by atoms with Crippen molar-refractivity contribution in [3.8, 4) is 17.2 Å². The monoisotopic (exact) mass is 414 g/mol. The zero-order chi connectivity index (χ0) is 22.1. The van der Waals surface area contributed by atoms with Crippen molar-refractivity contribution in [3.63, 3.8) is 0 Å². The summed E-state index contributed by atoms with van der Waals surface area (Å²) in [7, 11) is 1.50. The highest BCUT2D eigenvalue weighted by atomic mass is 16.5. The van der Waals surface area contributed by atoms with E-state index in [0.29, 0.717) is 29.4 Å². The van der Waals surface area contributed by atoms with Crippen LogP contribution >= 0.6 is 0 Å². The summed E-state index contributed by atoms with van der Waals surface area (Å²) < 4.78 is 16.5. The first-order chi connectivity index (χ1) is 14.3. The minimum absolute atomic E-state index is 0.118. The highest BCUT2D eigenvalue weighted by molar-refractivity contribution is 5.96. The van der Waals surface area contributed by atoms with Gasteiger partial charge in [0.15, 0.2) is 18.1 Å². The number of para-hydroxylation sites is 1. The quantitative estimate of drug-likeness (QED) is 0.645. The smallest absolute Gasteiger partial charge is 0.276 e. The summed E-state index contributed by atoms with van der Waals surface area (Å²) >= 11 is 0. The van der Waals surface area contributed by atoms with Gasteiger partial charge in [-0.2, -0.15) is 0 Å². The molecule has 0 radical (unpaired) electrons. The van der Waals surface area contributed by atoms with Crippen LogP contribution in [0.2, 0.25) is 0 Å². The highest BCUT2D eigenvalue weighted by Crippen LogP contribution is 2.31. The van der Waals surface area contributed by atoms with Gasteiger partial charge in [-0.1, -0.05) is 45.9 Å². The molecule has 2 aromatic rings. The fraction of sp³-hybridized carbons (Fsp3) is 0.391. The number of hydrogen-bond donors (Lipinski definition) is 2. The topological polar surface area (TPSA) is 85.9 Å². The molecule has 0 heterocycles. The van der Waals surface area contributed by atoms with E-state index in [1.165, 1.54) is 7.11 Å². The molecule has 0 saturated heterocycles. The summed E-state index contributed by atoms with van der Waals surface area (Å²) in [6.45, 7) is 8.55. The number of carbonyl (C=O) groups excluding carboxylic acids is 2. The average Bonchev–Trinajstić information content (AvgIpc) is 2.73. The number of rotatable bonds is 8. The van der Waals surface area contributed by atoms with Crippen LogP contribution in [0.5, 0.6) is 17.2 Å². The molecule has 7 nitrogen and oxygen atoms in total. The number of methoxy groups -OCH3 is 1. The third-order valence-electron chi connectivity index (χ3n) is 4.26. The summed E-state index contributed by atoms with van der Waals surface area (Å²) in [4.78, 5) is 24.5. The maximum absolute atomic E-state index is 12.3. The lowest BCUT2D eigenvalue weighted by Gasteiger charge is -2.22. The van der Waals surface area contributed by atoms with Crippen LogP contribution in [0, 0.1) is 0 Å². The Kier molecular flexibility index (Phi) is 8.09. The molecule has 0 spiro atoms. The fourth-order valence-corrected chi connectivity index (χ4v) is 2.73. The van der Waals surface area contributed by atoms with Crippen molar-refractivity contribution in [1.29, 1.82) is 0 Å². The lowest BCUT2D eigenvalue weighted by molar-refractivity contribution is -0.123. The van der Waals surface area contributed by atoms with Crippen LogP contribution in [0.3, 0.4) is 0 Å². The van der Waals surface area contributed by atoms with Crippen molar-refractivity contribution < 1.29 is 23.8 Å². The molecule has 7 heteroatoms. The van der Waals surface area contributed by atoms with Gasteiger partial charge in [0.1, 0.15) is 5.75 Å². The summed E-state index contributed by atoms with van der Waals surface area (Å²) in [5.41, 5.74) is 5.95. The van der Waals surface area contributed by atoms with Crippen LogP contribution < -0.4 is 25.1 Å². The Hall–Kier alpha value is -3.22. The van der Waals surface area contributed by atoms with Gasteiger partial charge in [0.05, 0.1) is 13.7 Å². The van der Waals surface area contributed by atoms with E-state index >= 15 is 0 Å². The zero-order valence-electron chi connectivity index (χ0n) is 18.2. The average molecular weight is 415 g/mol. The number of benzene rings is 2. The molecule has 2 rings (SSSR count). The number of ether oxygens (including phenoxy) is 3. The Labute approximate surface area is 177 Å². The van der Waals surface area contributed by atoms with E-state index in [-0.39, 0.29) is 12.0 Å². The maximum atomic E-state index is 12.3. The van der Waals surface area contributed by atoms with E-state index in [0.717, 1.165) is 12.0 Å². The van der Waals surface area contributed by atoms with Crippen molar-refractivity contribution in [2.24, 2.45) is 0 Å². The van der Waals surface area contributed by atoms with Crippen molar-refractivity contribution in [1.82, 2.24) is 10.9 Å². The van der Waals surface area contributed by atoms with Gasteiger partial charge in [-0.3, -0.25) is 20.4 Å². The first-order valence-corrected chi connectivity index (χ1v) is 9.88. The molecule has 2 aromatic carbocycles. The molecule has 2 N–H and O–H groups in total. The molecule has 0 atom stereocenters. The second-order valence-electron chi connectivity index (χ2n) is 7.75. The third kappa shape index (κ3) is 6.40. The Bertz CT molecular complexity index is 874. The van der Waals surface area contributed by atoms with E-state index in [2.05, 4.69) is 31.6 Å². The first kappa shape index (κ1) is 23.1. The Morgan fingerprint density at radius 1 is 0.933 bits per heavy atom. The molecule has 162 valence electrons. The lowest BCUT2D eigenvalue weighted by atomic mass is 9.86. The van der Waals surface area contributed by atoms with E-state index in [9.17, 15) is 9.59 Å². The fourth-order valence-electron chi connectivity index (χ4n) is 2.73. The second-order valence-corrected chi connectivity index (χ2v) is 7.75. The SMILES string of the molecule is CCCOc1ccc(C(=O)NNC(=O)COc2ccccc2C(C)(C)C)cc1OC. The van der Waals surface area contributed by atoms with Crippen LogP contribution in [0.4, 0.5) is 0 Å². The second kappa shape index (κ2) is 10.5. The van der Waals surface area contributed by atoms with E-state index in [1.54, 1.807) is 18.2 Å². The standard InChI is InChI=1S/C23H30N2O5/c1-6-13-29-19-12-11-16(14-20(19)28-5)22(27)25-24-21(26)15-30-18-10-8-7-9-17(18)23(2,3)4/h7-12,14H,6,13,15H2,1-5H3,(H,24,26)(H,25,27). The van der Waals surface area contributed by atoms with Gasteiger partial charge in [-0.05, 0) is 41.7 Å². The van der Waals surface area contributed by atoms with Crippen LogP contribution in [0.1, 0.15) is 50.0 Å². The van der Waals surface area contributed by atoms with Gasteiger partial charge in [-0.25, -0.2) is 0 Å². The summed E-state index contributed by atoms with van der Waals surface area (Å²) in [5.74, 6) is 0.704. The molecule has 0 bridgehead atoms. The lowest BCUT2D eigenvalue weighted by Crippen LogP contribution is -2.43.